The van der Waals surface area contributed by atoms with E-state index in [0.717, 1.165) is 22.4 Å². The van der Waals surface area contributed by atoms with Crippen LogP contribution in [0.5, 0.6) is 5.75 Å². The first-order chi connectivity index (χ1) is 18.4. The number of benzene rings is 3. The number of carbonyl (C=O) groups excluding carboxylic acids is 2. The summed E-state index contributed by atoms with van der Waals surface area (Å²) in [6, 6.07) is 24.5. The second kappa shape index (κ2) is 11.0. The van der Waals surface area contributed by atoms with Crippen LogP contribution in [0.3, 0.4) is 0 Å². The number of hydrogen-bond donors (Lipinski definition) is 1. The zero-order valence-corrected chi connectivity index (χ0v) is 22.1. The van der Waals surface area contributed by atoms with E-state index in [0.29, 0.717) is 12.3 Å². The number of rotatable bonds is 8. The number of nitrogens with zero attached hydrogens (tertiary/aromatic N) is 1. The molecular formula is C32H35FN2O3. The number of ether oxygens (including phenoxy) is 1. The maximum absolute atomic E-state index is 14.6. The van der Waals surface area contributed by atoms with Crippen molar-refractivity contribution >= 4 is 11.8 Å². The van der Waals surface area contributed by atoms with Crippen molar-refractivity contribution in [1.29, 1.82) is 0 Å². The lowest BCUT2D eigenvalue weighted by molar-refractivity contribution is -0.139. The highest BCUT2D eigenvalue weighted by atomic mass is 19.1. The molecule has 3 aromatic rings. The minimum absolute atomic E-state index is 0.0191. The van der Waals surface area contributed by atoms with Gasteiger partial charge in [-0.15, -0.1) is 0 Å². The van der Waals surface area contributed by atoms with Crippen LogP contribution in [-0.2, 0) is 9.59 Å². The summed E-state index contributed by atoms with van der Waals surface area (Å²) in [5, 5.41) is 3.15. The van der Waals surface area contributed by atoms with Crippen LogP contribution in [-0.4, -0.2) is 42.6 Å². The molecule has 5 rings (SSSR count). The Balaban J connectivity index is 1.33. The van der Waals surface area contributed by atoms with Crippen molar-refractivity contribution in [3.05, 3.63) is 101 Å². The Morgan fingerprint density at radius 1 is 0.895 bits per heavy atom. The van der Waals surface area contributed by atoms with Crippen molar-refractivity contribution in [2.75, 3.05) is 13.7 Å². The first kappa shape index (κ1) is 26.0. The zero-order chi connectivity index (χ0) is 26.8. The van der Waals surface area contributed by atoms with E-state index < -0.39 is 18.3 Å². The number of alkyl halides is 1. The summed E-state index contributed by atoms with van der Waals surface area (Å²) in [5.74, 6) is 0.577. The van der Waals surface area contributed by atoms with Gasteiger partial charge in [-0.2, -0.15) is 0 Å². The molecule has 1 saturated carbocycles. The average Bonchev–Trinajstić information content (AvgIpc) is 3.65. The second-order valence-corrected chi connectivity index (χ2v) is 10.7. The first-order valence-electron chi connectivity index (χ1n) is 13.4. The molecule has 2 aliphatic rings. The predicted octanol–water partition coefficient (Wildman–Crippen LogP) is 5.77. The van der Waals surface area contributed by atoms with E-state index in [1.165, 1.54) is 10.5 Å². The molecule has 198 valence electrons. The molecule has 38 heavy (non-hydrogen) atoms. The SMILES string of the molecule is COc1ccc(C2CC2C(=O)N2C[C@H](F)C[C@H]2C(=O)N[C@@H](c2ccccc2)c2ccc(C(C)C)cc2)cc1. The summed E-state index contributed by atoms with van der Waals surface area (Å²) < 4.78 is 19.9. The highest BCUT2D eigenvalue weighted by Crippen LogP contribution is 2.49. The van der Waals surface area contributed by atoms with Gasteiger partial charge in [-0.05, 0) is 52.6 Å². The molecule has 0 spiro atoms. The highest BCUT2D eigenvalue weighted by molar-refractivity contribution is 5.91. The summed E-state index contributed by atoms with van der Waals surface area (Å²) >= 11 is 0. The van der Waals surface area contributed by atoms with Crippen LogP contribution in [0.25, 0.3) is 0 Å². The van der Waals surface area contributed by atoms with Gasteiger partial charge >= 0.3 is 0 Å². The Morgan fingerprint density at radius 2 is 1.53 bits per heavy atom. The lowest BCUT2D eigenvalue weighted by Gasteiger charge is -2.27. The number of halogens is 1. The molecule has 1 N–H and O–H groups in total. The number of amides is 2. The number of methoxy groups -OCH3 is 1. The maximum atomic E-state index is 14.6. The molecule has 2 unspecified atom stereocenters. The number of hydrogen-bond acceptors (Lipinski definition) is 3. The molecule has 2 amide bonds. The lowest BCUT2D eigenvalue weighted by Crippen LogP contribution is -2.47. The molecule has 5 atom stereocenters. The summed E-state index contributed by atoms with van der Waals surface area (Å²) in [6.07, 6.45) is -0.485. The standard InChI is InChI=1S/C32H35FN2O3/c1-20(2)21-9-11-24(12-10-21)30(23-7-5-4-6-8-23)34-31(36)29-17-25(33)19-35(29)32(37)28-18-27(28)22-13-15-26(38-3)16-14-22/h4-16,20,25,27-30H,17-19H2,1-3H3,(H,34,36)/t25-,27?,28?,29+,30+/m1/s1. The van der Waals surface area contributed by atoms with Crippen LogP contribution in [0, 0.1) is 5.92 Å². The van der Waals surface area contributed by atoms with Crippen LogP contribution in [0.1, 0.15) is 66.8 Å². The fourth-order valence-corrected chi connectivity index (χ4v) is 5.49. The average molecular weight is 515 g/mol. The number of likely N-dealkylation sites (tertiary alicyclic amines) is 1. The summed E-state index contributed by atoms with van der Waals surface area (Å²) in [7, 11) is 1.62. The van der Waals surface area contributed by atoms with Crippen molar-refractivity contribution in [2.45, 2.75) is 56.8 Å². The molecule has 1 saturated heterocycles. The molecule has 2 fully saturated rings. The highest BCUT2D eigenvalue weighted by Gasteiger charge is 2.50. The van der Waals surface area contributed by atoms with Crippen LogP contribution in [0.2, 0.25) is 0 Å². The van der Waals surface area contributed by atoms with E-state index in [2.05, 4.69) is 31.3 Å². The maximum Gasteiger partial charge on any atom is 0.243 e. The molecular weight excluding hydrogens is 479 g/mol. The van der Waals surface area contributed by atoms with E-state index in [1.54, 1.807) is 7.11 Å². The third kappa shape index (κ3) is 5.45. The number of carbonyl (C=O) groups is 2. The van der Waals surface area contributed by atoms with Crippen LogP contribution in [0.15, 0.2) is 78.9 Å². The van der Waals surface area contributed by atoms with Gasteiger partial charge in [-0.25, -0.2) is 4.39 Å². The van der Waals surface area contributed by atoms with E-state index >= 15 is 0 Å². The summed E-state index contributed by atoms with van der Waals surface area (Å²) in [4.78, 5) is 28.5. The van der Waals surface area contributed by atoms with Crippen molar-refractivity contribution in [2.24, 2.45) is 5.92 Å². The fourth-order valence-electron chi connectivity index (χ4n) is 5.49. The molecule has 3 aromatic carbocycles. The summed E-state index contributed by atoms with van der Waals surface area (Å²) in [5.41, 5.74) is 4.17. The number of nitrogens with one attached hydrogen (secondary N) is 1. The molecule has 0 radical (unpaired) electrons. The lowest BCUT2D eigenvalue weighted by atomic mass is 9.95. The van der Waals surface area contributed by atoms with Crippen molar-refractivity contribution in [3.63, 3.8) is 0 Å². The predicted molar refractivity (Wildman–Crippen MR) is 146 cm³/mol. The van der Waals surface area contributed by atoms with Gasteiger partial charge < -0.3 is 15.0 Å². The van der Waals surface area contributed by atoms with Gasteiger partial charge in [0, 0.05) is 12.3 Å². The van der Waals surface area contributed by atoms with E-state index in [-0.39, 0.29) is 36.6 Å². The Labute approximate surface area is 224 Å². The van der Waals surface area contributed by atoms with Gasteiger partial charge in [0.1, 0.15) is 18.0 Å². The van der Waals surface area contributed by atoms with Gasteiger partial charge in [0.05, 0.1) is 19.7 Å². The molecule has 1 aliphatic heterocycles. The largest absolute Gasteiger partial charge is 0.497 e. The van der Waals surface area contributed by atoms with E-state index in [4.69, 9.17) is 4.74 Å². The quantitative estimate of drug-likeness (QED) is 0.415. The smallest absolute Gasteiger partial charge is 0.243 e. The molecule has 1 heterocycles. The topological polar surface area (TPSA) is 58.6 Å². The van der Waals surface area contributed by atoms with Crippen molar-refractivity contribution < 1.29 is 18.7 Å². The van der Waals surface area contributed by atoms with Gasteiger partial charge in [0.2, 0.25) is 11.8 Å². The fraction of sp³-hybridized carbons (Fsp3) is 0.375. The normalized spacial score (nSPS) is 23.2. The van der Waals surface area contributed by atoms with Gasteiger partial charge in [0.25, 0.3) is 0 Å². The van der Waals surface area contributed by atoms with Crippen molar-refractivity contribution in [3.8, 4) is 5.75 Å². The van der Waals surface area contributed by atoms with Gasteiger partial charge in [-0.3, -0.25) is 9.59 Å². The third-order valence-corrected chi connectivity index (χ3v) is 7.84. The first-order valence-corrected chi connectivity index (χ1v) is 13.4. The molecule has 0 aromatic heterocycles. The molecule has 6 heteroatoms. The van der Waals surface area contributed by atoms with E-state index in [1.807, 2.05) is 66.7 Å². The monoisotopic (exact) mass is 514 g/mol. The Bertz CT molecular complexity index is 1260. The van der Waals surface area contributed by atoms with Gasteiger partial charge in [0.15, 0.2) is 0 Å². The minimum Gasteiger partial charge on any atom is -0.497 e. The van der Waals surface area contributed by atoms with E-state index in [9.17, 15) is 14.0 Å². The zero-order valence-electron chi connectivity index (χ0n) is 22.1. The molecule has 1 aliphatic carbocycles. The Hall–Kier alpha value is -3.67. The second-order valence-electron chi connectivity index (χ2n) is 10.7. The third-order valence-electron chi connectivity index (χ3n) is 7.84. The van der Waals surface area contributed by atoms with Crippen LogP contribution < -0.4 is 10.1 Å². The van der Waals surface area contributed by atoms with Crippen LogP contribution >= 0.6 is 0 Å². The Morgan fingerprint density at radius 3 is 2.16 bits per heavy atom. The van der Waals surface area contributed by atoms with Gasteiger partial charge in [-0.1, -0.05) is 80.6 Å². The molecule has 5 nitrogen and oxygen atoms in total. The van der Waals surface area contributed by atoms with Crippen LogP contribution in [0.4, 0.5) is 4.39 Å². The minimum atomic E-state index is -1.21. The Kier molecular flexibility index (Phi) is 7.50. The molecule has 0 bridgehead atoms. The van der Waals surface area contributed by atoms with Crippen molar-refractivity contribution in [1.82, 2.24) is 10.2 Å². The summed E-state index contributed by atoms with van der Waals surface area (Å²) in [6.45, 7) is 4.25.